The van der Waals surface area contributed by atoms with Gasteiger partial charge in [0.2, 0.25) is 0 Å². The first-order valence-corrected chi connectivity index (χ1v) is 5.87. The van der Waals surface area contributed by atoms with Crippen LogP contribution in [0.25, 0.3) is 0 Å². The molecule has 1 heterocycles. The lowest BCUT2D eigenvalue weighted by atomic mass is 10.2. The van der Waals surface area contributed by atoms with Crippen molar-refractivity contribution in [2.24, 2.45) is 0 Å². The van der Waals surface area contributed by atoms with Crippen molar-refractivity contribution in [3.05, 3.63) is 21.0 Å². The number of nitrogens with zero attached hydrogens (tertiary/aromatic N) is 1. The molecule has 0 bridgehead atoms. The van der Waals surface area contributed by atoms with Crippen LogP contribution in [-0.2, 0) is 5.33 Å². The van der Waals surface area contributed by atoms with E-state index in [0.29, 0.717) is 14.6 Å². The number of alkyl halides is 3. The zero-order valence-corrected chi connectivity index (χ0v) is 11.0. The molecule has 0 amide bonds. The molecule has 0 radical (unpaired) electrons. The topological polar surface area (TPSA) is 22.1 Å². The molecule has 0 aliphatic carbocycles. The Balaban J connectivity index is 3.31. The van der Waals surface area contributed by atoms with Gasteiger partial charge in [-0.2, -0.15) is 0 Å². The van der Waals surface area contributed by atoms with E-state index in [1.807, 2.05) is 22.6 Å². The van der Waals surface area contributed by atoms with Gasteiger partial charge in [-0.1, -0.05) is 15.9 Å². The second-order valence-electron chi connectivity index (χ2n) is 2.46. The van der Waals surface area contributed by atoms with Crippen LogP contribution in [0.3, 0.4) is 0 Å². The summed E-state index contributed by atoms with van der Waals surface area (Å²) >= 11 is 5.11. The van der Waals surface area contributed by atoms with Crippen LogP contribution in [0.1, 0.15) is 17.7 Å². The summed E-state index contributed by atoms with van der Waals surface area (Å²) < 4.78 is 30.5. The lowest BCUT2D eigenvalue weighted by molar-refractivity contribution is 0.141. The molecule has 78 valence electrons. The van der Waals surface area contributed by atoms with E-state index in [-0.39, 0.29) is 11.4 Å². The Morgan fingerprint density at radius 2 is 2.29 bits per heavy atom. The number of methoxy groups -OCH3 is 1. The molecule has 0 aliphatic heterocycles. The molecule has 0 spiro atoms. The number of hydrogen-bond acceptors (Lipinski definition) is 2. The third-order valence-corrected chi connectivity index (χ3v) is 2.76. The summed E-state index contributed by atoms with van der Waals surface area (Å²) in [4.78, 5) is 3.74. The summed E-state index contributed by atoms with van der Waals surface area (Å²) in [5, 5.41) is 0.467. The summed E-state index contributed by atoms with van der Waals surface area (Å²) in [5.74, 6) is 0.164. The number of halogens is 4. The number of rotatable bonds is 3. The second-order valence-corrected chi connectivity index (χ2v) is 4.12. The maximum absolute atomic E-state index is 12.5. The Kier molecular flexibility index (Phi) is 4.49. The molecule has 0 fully saturated rings. The molecule has 1 aromatic heterocycles. The van der Waals surface area contributed by atoms with Crippen molar-refractivity contribution in [3.63, 3.8) is 0 Å². The smallest absolute Gasteiger partial charge is 0.284 e. The monoisotopic (exact) mass is 377 g/mol. The zero-order chi connectivity index (χ0) is 10.7. The zero-order valence-electron chi connectivity index (χ0n) is 7.23. The molecule has 0 atom stereocenters. The third-order valence-electron chi connectivity index (χ3n) is 1.60. The van der Waals surface area contributed by atoms with Gasteiger partial charge in [-0.15, -0.1) is 0 Å². The Bertz CT molecular complexity index is 335. The fourth-order valence-corrected chi connectivity index (χ4v) is 2.11. The molecule has 0 saturated heterocycles. The molecule has 1 rings (SSSR count). The van der Waals surface area contributed by atoms with Gasteiger partial charge in [0.25, 0.3) is 6.43 Å². The summed E-state index contributed by atoms with van der Waals surface area (Å²) in [7, 11) is 1.36. The van der Waals surface area contributed by atoms with Gasteiger partial charge in [0, 0.05) is 10.9 Å². The van der Waals surface area contributed by atoms with E-state index in [9.17, 15) is 8.78 Å². The van der Waals surface area contributed by atoms with Crippen LogP contribution in [0.4, 0.5) is 8.78 Å². The predicted octanol–water partition coefficient (Wildman–Crippen LogP) is 3.53. The van der Waals surface area contributed by atoms with Gasteiger partial charge in [0.15, 0.2) is 0 Å². The fraction of sp³-hybridized carbons (Fsp3) is 0.375. The summed E-state index contributed by atoms with van der Waals surface area (Å²) in [6.07, 6.45) is -2.61. The Hall–Kier alpha value is 0.0200. The average molecular weight is 378 g/mol. The molecule has 0 N–H and O–H groups in total. The summed E-state index contributed by atoms with van der Waals surface area (Å²) in [6.45, 7) is 0. The predicted molar refractivity (Wildman–Crippen MR) is 61.1 cm³/mol. The first-order valence-electron chi connectivity index (χ1n) is 3.67. The Labute approximate surface area is 102 Å². The van der Waals surface area contributed by atoms with E-state index in [0.717, 1.165) is 0 Å². The first-order chi connectivity index (χ1) is 6.60. The lowest BCUT2D eigenvalue weighted by Crippen LogP contribution is -2.01. The van der Waals surface area contributed by atoms with E-state index in [2.05, 4.69) is 20.9 Å². The highest BCUT2D eigenvalue weighted by Gasteiger charge is 2.19. The maximum Gasteiger partial charge on any atom is 0.284 e. The standard InChI is InChI=1S/C8H7BrF2INO/c1-14-7-4(3-9)2-5(12)13-6(7)8(10)11/h2,8H,3H2,1H3. The van der Waals surface area contributed by atoms with Crippen molar-refractivity contribution in [1.82, 2.24) is 4.98 Å². The number of ether oxygens (including phenoxy) is 1. The van der Waals surface area contributed by atoms with Gasteiger partial charge in [-0.05, 0) is 28.7 Å². The van der Waals surface area contributed by atoms with Crippen LogP contribution in [0.15, 0.2) is 6.07 Å². The molecule has 6 heteroatoms. The minimum atomic E-state index is -2.61. The fourth-order valence-electron chi connectivity index (χ4n) is 1.05. The second kappa shape index (κ2) is 5.20. The van der Waals surface area contributed by atoms with Crippen molar-refractivity contribution in [2.75, 3.05) is 7.11 Å². The maximum atomic E-state index is 12.5. The first kappa shape index (κ1) is 12.1. The van der Waals surface area contributed by atoms with Crippen LogP contribution in [-0.4, -0.2) is 12.1 Å². The summed E-state index contributed by atoms with van der Waals surface area (Å²) in [6, 6.07) is 1.71. The highest BCUT2D eigenvalue weighted by molar-refractivity contribution is 14.1. The molecule has 0 saturated carbocycles. The van der Waals surface area contributed by atoms with E-state index < -0.39 is 6.43 Å². The molecule has 0 unspecified atom stereocenters. The van der Waals surface area contributed by atoms with Gasteiger partial charge in [-0.3, -0.25) is 0 Å². The molecule has 0 aliphatic rings. The van der Waals surface area contributed by atoms with Crippen LogP contribution in [0.5, 0.6) is 5.75 Å². The number of aromatic nitrogens is 1. The average Bonchev–Trinajstić information content (AvgIpc) is 2.16. The summed E-state index contributed by atoms with van der Waals surface area (Å²) in [5.41, 5.74) is 0.385. The van der Waals surface area contributed by atoms with Crippen molar-refractivity contribution < 1.29 is 13.5 Å². The quantitative estimate of drug-likeness (QED) is 0.456. The number of pyridine rings is 1. The lowest BCUT2D eigenvalue weighted by Gasteiger charge is -2.11. The van der Waals surface area contributed by atoms with Crippen molar-refractivity contribution in [1.29, 1.82) is 0 Å². The van der Waals surface area contributed by atoms with Crippen LogP contribution in [0.2, 0.25) is 0 Å². The third kappa shape index (κ3) is 2.53. The van der Waals surface area contributed by atoms with E-state index in [4.69, 9.17) is 4.74 Å². The molecule has 0 aromatic carbocycles. The minimum absolute atomic E-state index is 0.164. The Morgan fingerprint density at radius 3 is 2.71 bits per heavy atom. The van der Waals surface area contributed by atoms with E-state index in [1.165, 1.54) is 7.11 Å². The van der Waals surface area contributed by atoms with Crippen molar-refractivity contribution in [2.45, 2.75) is 11.8 Å². The SMILES string of the molecule is COc1c(CBr)cc(I)nc1C(F)F. The number of hydrogen-bond donors (Lipinski definition) is 0. The Morgan fingerprint density at radius 1 is 1.64 bits per heavy atom. The minimum Gasteiger partial charge on any atom is -0.494 e. The highest BCUT2D eigenvalue weighted by atomic mass is 127. The molecule has 14 heavy (non-hydrogen) atoms. The van der Waals surface area contributed by atoms with Gasteiger partial charge in [0.1, 0.15) is 15.1 Å². The largest absolute Gasteiger partial charge is 0.494 e. The van der Waals surface area contributed by atoms with Crippen LogP contribution < -0.4 is 4.74 Å². The molecule has 2 nitrogen and oxygen atoms in total. The van der Waals surface area contributed by atoms with Crippen molar-refractivity contribution >= 4 is 38.5 Å². The van der Waals surface area contributed by atoms with Gasteiger partial charge < -0.3 is 4.74 Å². The van der Waals surface area contributed by atoms with Gasteiger partial charge in [-0.25, -0.2) is 13.8 Å². The molecular formula is C8H7BrF2INO. The molecular weight excluding hydrogens is 371 g/mol. The van der Waals surface area contributed by atoms with Crippen LogP contribution in [0, 0.1) is 3.70 Å². The van der Waals surface area contributed by atoms with E-state index >= 15 is 0 Å². The van der Waals surface area contributed by atoms with Crippen molar-refractivity contribution in [3.8, 4) is 5.75 Å². The van der Waals surface area contributed by atoms with Gasteiger partial charge >= 0.3 is 0 Å². The van der Waals surface area contributed by atoms with Gasteiger partial charge in [0.05, 0.1) is 7.11 Å². The van der Waals surface area contributed by atoms with Crippen LogP contribution >= 0.6 is 38.5 Å². The molecule has 1 aromatic rings. The normalized spacial score (nSPS) is 10.7. The van der Waals surface area contributed by atoms with E-state index in [1.54, 1.807) is 6.07 Å². The highest BCUT2D eigenvalue weighted by Crippen LogP contribution is 2.32.